The van der Waals surface area contributed by atoms with E-state index >= 15 is 0 Å². The highest BCUT2D eigenvalue weighted by atomic mass is 16.6. The Morgan fingerprint density at radius 1 is 1.21 bits per heavy atom. The van der Waals surface area contributed by atoms with Crippen LogP contribution >= 0.6 is 0 Å². The Hall–Kier alpha value is -2.08. The third-order valence-corrected chi connectivity index (χ3v) is 5.36. The van der Waals surface area contributed by atoms with Crippen LogP contribution in [0, 0.1) is 5.41 Å². The van der Waals surface area contributed by atoms with Crippen LogP contribution in [0.1, 0.15) is 66.4 Å². The van der Waals surface area contributed by atoms with Gasteiger partial charge in [-0.1, -0.05) is 57.5 Å². The van der Waals surface area contributed by atoms with Crippen molar-refractivity contribution in [2.75, 3.05) is 6.61 Å². The van der Waals surface area contributed by atoms with Crippen molar-refractivity contribution < 1.29 is 23.8 Å². The molecule has 29 heavy (non-hydrogen) atoms. The van der Waals surface area contributed by atoms with Crippen LogP contribution < -0.4 is 5.32 Å². The molecule has 6 nitrogen and oxygen atoms in total. The van der Waals surface area contributed by atoms with E-state index in [1.165, 1.54) is 0 Å². The van der Waals surface area contributed by atoms with Gasteiger partial charge in [-0.2, -0.15) is 0 Å². The molecule has 1 aliphatic heterocycles. The first-order valence-corrected chi connectivity index (χ1v) is 10.3. The van der Waals surface area contributed by atoms with E-state index in [1.807, 2.05) is 51.1 Å². The summed E-state index contributed by atoms with van der Waals surface area (Å²) in [5, 5.41) is 2.93. The summed E-state index contributed by atoms with van der Waals surface area (Å²) in [6.07, 6.45) is 1.28. The molecule has 1 fully saturated rings. The highest BCUT2D eigenvalue weighted by Gasteiger charge is 2.54. The van der Waals surface area contributed by atoms with Crippen molar-refractivity contribution in [1.29, 1.82) is 0 Å². The van der Waals surface area contributed by atoms with Crippen LogP contribution in [0.4, 0.5) is 4.79 Å². The lowest BCUT2D eigenvalue weighted by Crippen LogP contribution is -2.58. The van der Waals surface area contributed by atoms with E-state index in [0.717, 1.165) is 12.0 Å². The molecule has 6 heteroatoms. The molecule has 0 spiro atoms. The molecule has 1 heterocycles. The topological polar surface area (TPSA) is 73.9 Å². The molecule has 1 N–H and O–H groups in total. The minimum absolute atomic E-state index is 0.105. The van der Waals surface area contributed by atoms with Gasteiger partial charge in [0, 0.05) is 6.42 Å². The van der Waals surface area contributed by atoms with Crippen LogP contribution in [0.25, 0.3) is 0 Å². The fourth-order valence-electron chi connectivity index (χ4n) is 3.33. The number of amides is 1. The summed E-state index contributed by atoms with van der Waals surface area (Å²) in [5.41, 5.74) is -1.02. The number of carbonyl (C=O) groups excluding carboxylic acids is 2. The Labute approximate surface area is 174 Å². The van der Waals surface area contributed by atoms with Gasteiger partial charge in [-0.25, -0.2) is 9.59 Å². The maximum Gasteiger partial charge on any atom is 0.407 e. The molecule has 1 aromatic carbocycles. The van der Waals surface area contributed by atoms with E-state index in [9.17, 15) is 9.59 Å². The second-order valence-electron chi connectivity index (χ2n) is 9.47. The third kappa shape index (κ3) is 6.46. The number of hydrogen-bond donors (Lipinski definition) is 1. The number of benzene rings is 1. The molecule has 1 amide bonds. The minimum atomic E-state index is -1.24. The molecule has 0 aromatic heterocycles. The number of cyclic esters (lactones) is 1. The molecule has 2 rings (SSSR count). The average molecular weight is 406 g/mol. The van der Waals surface area contributed by atoms with Crippen LogP contribution in [0.5, 0.6) is 0 Å². The van der Waals surface area contributed by atoms with E-state index in [4.69, 9.17) is 14.2 Å². The zero-order valence-corrected chi connectivity index (χ0v) is 18.5. The lowest BCUT2D eigenvalue weighted by molar-refractivity contribution is -0.165. The maximum absolute atomic E-state index is 12.9. The molecule has 0 aliphatic carbocycles. The SMILES string of the molecule is CCC(C)(C)C[C@H](NC(=O)OC(C)(C)C)C1(OCc2ccccc2)CCOC1=O. The summed E-state index contributed by atoms with van der Waals surface area (Å²) in [7, 11) is 0. The summed E-state index contributed by atoms with van der Waals surface area (Å²) >= 11 is 0. The van der Waals surface area contributed by atoms with Gasteiger partial charge in [0.05, 0.1) is 19.3 Å². The molecule has 1 aromatic rings. The van der Waals surface area contributed by atoms with Crippen molar-refractivity contribution in [3.05, 3.63) is 35.9 Å². The van der Waals surface area contributed by atoms with Crippen molar-refractivity contribution in [2.24, 2.45) is 5.41 Å². The van der Waals surface area contributed by atoms with Crippen LogP contribution in [0.3, 0.4) is 0 Å². The predicted molar refractivity (Wildman–Crippen MR) is 111 cm³/mol. The number of ether oxygens (including phenoxy) is 3. The molecule has 1 saturated heterocycles. The van der Waals surface area contributed by atoms with Crippen molar-refractivity contribution in [3.8, 4) is 0 Å². The molecule has 162 valence electrons. The van der Waals surface area contributed by atoms with Crippen molar-refractivity contribution in [2.45, 2.75) is 84.7 Å². The van der Waals surface area contributed by atoms with Gasteiger partial charge in [0.25, 0.3) is 0 Å². The summed E-state index contributed by atoms with van der Waals surface area (Å²) in [6, 6.07) is 9.11. The van der Waals surface area contributed by atoms with Crippen LogP contribution in [0.2, 0.25) is 0 Å². The van der Waals surface area contributed by atoms with E-state index in [0.29, 0.717) is 12.8 Å². The molecular formula is C23H35NO5. The standard InChI is InChI=1S/C23H35NO5/c1-7-22(5,6)15-18(24-20(26)29-21(2,3)4)23(13-14-27-19(23)25)28-16-17-11-9-8-10-12-17/h8-12,18H,7,13-16H2,1-6H3,(H,24,26)/t18-,23?/m0/s1. The summed E-state index contributed by atoms with van der Waals surface area (Å²) in [5.74, 6) is -0.429. The Morgan fingerprint density at radius 3 is 2.38 bits per heavy atom. The number of alkyl carbamates (subject to hydrolysis) is 1. The monoisotopic (exact) mass is 405 g/mol. The highest BCUT2D eigenvalue weighted by molar-refractivity contribution is 5.83. The normalized spacial score (nSPS) is 20.8. The molecular weight excluding hydrogens is 370 g/mol. The van der Waals surface area contributed by atoms with Gasteiger partial charge in [-0.3, -0.25) is 0 Å². The average Bonchev–Trinajstić information content (AvgIpc) is 3.00. The number of nitrogens with one attached hydrogen (secondary N) is 1. The summed E-state index contributed by atoms with van der Waals surface area (Å²) in [6.45, 7) is 12.3. The van der Waals surface area contributed by atoms with Crippen LogP contribution in [-0.2, 0) is 25.6 Å². The molecule has 1 unspecified atom stereocenters. The summed E-state index contributed by atoms with van der Waals surface area (Å²) < 4.78 is 17.0. The Balaban J connectivity index is 2.30. The van der Waals surface area contributed by atoms with E-state index < -0.39 is 29.3 Å². The summed E-state index contributed by atoms with van der Waals surface area (Å²) in [4.78, 5) is 25.4. The fourth-order valence-corrected chi connectivity index (χ4v) is 3.33. The van der Waals surface area contributed by atoms with Crippen LogP contribution in [0.15, 0.2) is 30.3 Å². The Morgan fingerprint density at radius 2 is 1.86 bits per heavy atom. The Bertz CT molecular complexity index is 695. The van der Waals surface area contributed by atoms with Gasteiger partial charge in [0.1, 0.15) is 5.60 Å². The lowest BCUT2D eigenvalue weighted by Gasteiger charge is -2.39. The smallest absolute Gasteiger partial charge is 0.407 e. The first-order chi connectivity index (χ1) is 13.5. The molecule has 0 radical (unpaired) electrons. The second kappa shape index (κ2) is 9.16. The predicted octanol–water partition coefficient (Wildman–Crippen LogP) is 4.61. The second-order valence-corrected chi connectivity index (χ2v) is 9.47. The molecule has 0 bridgehead atoms. The number of carbonyl (C=O) groups is 2. The zero-order valence-electron chi connectivity index (χ0n) is 18.5. The van der Waals surface area contributed by atoms with Crippen molar-refractivity contribution in [1.82, 2.24) is 5.32 Å². The number of hydrogen-bond acceptors (Lipinski definition) is 5. The number of esters is 1. The van der Waals surface area contributed by atoms with Gasteiger partial charge >= 0.3 is 12.1 Å². The Kier molecular flexibility index (Phi) is 7.33. The lowest BCUT2D eigenvalue weighted by atomic mass is 9.77. The molecule has 0 saturated carbocycles. The van der Waals surface area contributed by atoms with Gasteiger partial charge in [0.15, 0.2) is 5.60 Å². The first kappa shape index (κ1) is 23.2. The van der Waals surface area contributed by atoms with Crippen molar-refractivity contribution in [3.63, 3.8) is 0 Å². The van der Waals surface area contributed by atoms with Gasteiger partial charge in [0.2, 0.25) is 0 Å². The van der Waals surface area contributed by atoms with E-state index in [-0.39, 0.29) is 18.6 Å². The minimum Gasteiger partial charge on any atom is -0.463 e. The van der Waals surface area contributed by atoms with Crippen LogP contribution in [-0.4, -0.2) is 35.9 Å². The number of rotatable bonds is 8. The largest absolute Gasteiger partial charge is 0.463 e. The zero-order chi connectivity index (χ0) is 21.7. The van der Waals surface area contributed by atoms with Gasteiger partial charge < -0.3 is 19.5 Å². The highest BCUT2D eigenvalue weighted by Crippen LogP contribution is 2.37. The first-order valence-electron chi connectivity index (χ1n) is 10.3. The fraction of sp³-hybridized carbons (Fsp3) is 0.652. The third-order valence-electron chi connectivity index (χ3n) is 5.36. The van der Waals surface area contributed by atoms with Crippen molar-refractivity contribution >= 4 is 12.1 Å². The van der Waals surface area contributed by atoms with Gasteiger partial charge in [-0.15, -0.1) is 0 Å². The molecule has 1 aliphatic rings. The van der Waals surface area contributed by atoms with E-state index in [1.54, 1.807) is 0 Å². The van der Waals surface area contributed by atoms with Gasteiger partial charge in [-0.05, 0) is 38.2 Å². The quantitative estimate of drug-likeness (QED) is 0.640. The molecule has 2 atom stereocenters. The van der Waals surface area contributed by atoms with E-state index in [2.05, 4.69) is 26.1 Å². The maximum atomic E-state index is 12.9.